The Morgan fingerprint density at radius 3 is 2.57 bits per heavy atom. The number of rotatable bonds is 7. The lowest BCUT2D eigenvalue weighted by Crippen LogP contribution is -2.36. The van der Waals surface area contributed by atoms with E-state index in [2.05, 4.69) is 5.10 Å². The predicted octanol–water partition coefficient (Wildman–Crippen LogP) is 0.787. The van der Waals surface area contributed by atoms with Gasteiger partial charge < -0.3 is 10.6 Å². The topological polar surface area (TPSA) is 81.2 Å². The Bertz CT molecular complexity index is 581. The molecule has 2 rings (SSSR count). The summed E-state index contributed by atoms with van der Waals surface area (Å²) in [7, 11) is 0. The molecule has 0 unspecified atom stereocenters. The SMILES string of the molecule is NC(=O)CCN(Cc1ccccc1)C(=O)Cn1cccn1. The molecular weight excluding hydrogens is 268 g/mol. The van der Waals surface area contributed by atoms with Crippen LogP contribution in [0.25, 0.3) is 0 Å². The molecule has 0 fully saturated rings. The summed E-state index contributed by atoms with van der Waals surface area (Å²) >= 11 is 0. The third kappa shape index (κ3) is 4.76. The molecule has 1 heterocycles. The molecule has 0 saturated heterocycles. The number of nitrogens with zero attached hydrogens (tertiary/aromatic N) is 3. The molecule has 0 bridgehead atoms. The number of carbonyl (C=O) groups is 2. The van der Waals surface area contributed by atoms with Crippen LogP contribution in [0.2, 0.25) is 0 Å². The molecule has 1 aromatic carbocycles. The third-order valence-corrected chi connectivity index (χ3v) is 3.05. The molecule has 2 amide bonds. The number of benzene rings is 1. The van der Waals surface area contributed by atoms with Crippen LogP contribution in [0.1, 0.15) is 12.0 Å². The number of carbonyl (C=O) groups excluding carboxylic acids is 2. The summed E-state index contributed by atoms with van der Waals surface area (Å²) in [4.78, 5) is 24.9. The fourth-order valence-electron chi connectivity index (χ4n) is 1.97. The highest BCUT2D eigenvalue weighted by Crippen LogP contribution is 2.06. The van der Waals surface area contributed by atoms with Crippen molar-refractivity contribution in [2.45, 2.75) is 19.5 Å². The van der Waals surface area contributed by atoms with Crippen molar-refractivity contribution in [3.05, 3.63) is 54.4 Å². The largest absolute Gasteiger partial charge is 0.370 e. The van der Waals surface area contributed by atoms with E-state index in [0.29, 0.717) is 13.1 Å². The molecule has 0 aliphatic rings. The van der Waals surface area contributed by atoms with Crippen LogP contribution in [0.4, 0.5) is 0 Å². The zero-order chi connectivity index (χ0) is 15.1. The molecule has 6 heteroatoms. The Balaban J connectivity index is 2.03. The first-order valence-corrected chi connectivity index (χ1v) is 6.72. The van der Waals surface area contributed by atoms with E-state index < -0.39 is 5.91 Å². The van der Waals surface area contributed by atoms with Gasteiger partial charge in [0.05, 0.1) is 0 Å². The smallest absolute Gasteiger partial charge is 0.244 e. The van der Waals surface area contributed by atoms with Gasteiger partial charge in [0, 0.05) is 31.9 Å². The molecule has 0 atom stereocenters. The molecule has 0 aliphatic carbocycles. The van der Waals surface area contributed by atoms with E-state index in [1.54, 1.807) is 28.0 Å². The zero-order valence-electron chi connectivity index (χ0n) is 11.7. The molecule has 21 heavy (non-hydrogen) atoms. The Hall–Kier alpha value is -2.63. The van der Waals surface area contributed by atoms with Gasteiger partial charge in [-0.1, -0.05) is 30.3 Å². The van der Waals surface area contributed by atoms with Crippen LogP contribution in [0.15, 0.2) is 48.8 Å². The molecule has 110 valence electrons. The summed E-state index contributed by atoms with van der Waals surface area (Å²) in [5, 5.41) is 4.02. The summed E-state index contributed by atoms with van der Waals surface area (Å²) in [6.07, 6.45) is 3.50. The Morgan fingerprint density at radius 2 is 1.95 bits per heavy atom. The van der Waals surface area contributed by atoms with Gasteiger partial charge in [-0.25, -0.2) is 0 Å². The average Bonchev–Trinajstić information content (AvgIpc) is 2.97. The highest BCUT2D eigenvalue weighted by atomic mass is 16.2. The van der Waals surface area contributed by atoms with Crippen molar-refractivity contribution in [3.8, 4) is 0 Å². The summed E-state index contributed by atoms with van der Waals surface area (Å²) in [6.45, 7) is 0.914. The Kier molecular flexibility index (Phi) is 5.09. The maximum atomic E-state index is 12.3. The van der Waals surface area contributed by atoms with Crippen LogP contribution in [0.5, 0.6) is 0 Å². The quantitative estimate of drug-likeness (QED) is 0.817. The van der Waals surface area contributed by atoms with Crippen LogP contribution in [-0.2, 0) is 22.7 Å². The number of nitrogens with two attached hydrogens (primary N) is 1. The third-order valence-electron chi connectivity index (χ3n) is 3.05. The summed E-state index contributed by atoms with van der Waals surface area (Å²) < 4.78 is 1.56. The van der Waals surface area contributed by atoms with Crippen molar-refractivity contribution < 1.29 is 9.59 Å². The first kappa shape index (κ1) is 14.8. The van der Waals surface area contributed by atoms with Crippen LogP contribution in [0, 0.1) is 0 Å². The van der Waals surface area contributed by atoms with E-state index in [9.17, 15) is 9.59 Å². The van der Waals surface area contributed by atoms with Gasteiger partial charge in [-0.15, -0.1) is 0 Å². The van der Waals surface area contributed by atoms with Gasteiger partial charge in [0.1, 0.15) is 6.54 Å². The highest BCUT2D eigenvalue weighted by Gasteiger charge is 2.15. The Morgan fingerprint density at radius 1 is 1.19 bits per heavy atom. The minimum atomic E-state index is -0.417. The minimum absolute atomic E-state index is 0.0937. The first-order valence-electron chi connectivity index (χ1n) is 6.72. The lowest BCUT2D eigenvalue weighted by atomic mass is 10.2. The van der Waals surface area contributed by atoms with Crippen molar-refractivity contribution >= 4 is 11.8 Å². The number of primary amides is 1. The highest BCUT2D eigenvalue weighted by molar-refractivity contribution is 5.78. The standard InChI is InChI=1S/C15H18N4O2/c16-14(20)7-10-18(11-13-5-2-1-3-6-13)15(21)12-19-9-4-8-17-19/h1-6,8-9H,7,10-12H2,(H2,16,20). The summed E-state index contributed by atoms with van der Waals surface area (Å²) in [6, 6.07) is 11.4. The predicted molar refractivity (Wildman–Crippen MR) is 77.9 cm³/mol. The maximum Gasteiger partial charge on any atom is 0.244 e. The number of amides is 2. The van der Waals surface area contributed by atoms with Crippen molar-refractivity contribution in [2.24, 2.45) is 5.73 Å². The van der Waals surface area contributed by atoms with Gasteiger partial charge in [-0.3, -0.25) is 14.3 Å². The average molecular weight is 286 g/mol. The molecule has 1 aromatic heterocycles. The van der Waals surface area contributed by atoms with Crippen LogP contribution < -0.4 is 5.73 Å². The zero-order valence-corrected chi connectivity index (χ0v) is 11.7. The number of hydrogen-bond acceptors (Lipinski definition) is 3. The van der Waals surface area contributed by atoms with Crippen LogP contribution in [-0.4, -0.2) is 33.0 Å². The summed E-state index contributed by atoms with van der Waals surface area (Å²) in [5.41, 5.74) is 6.19. The Labute approximate surface area is 123 Å². The van der Waals surface area contributed by atoms with E-state index in [1.165, 1.54) is 0 Å². The van der Waals surface area contributed by atoms with Crippen LogP contribution in [0.3, 0.4) is 0 Å². The second kappa shape index (κ2) is 7.23. The molecule has 0 saturated carbocycles. The van der Waals surface area contributed by atoms with Gasteiger partial charge in [-0.2, -0.15) is 5.10 Å². The van der Waals surface area contributed by atoms with E-state index in [4.69, 9.17) is 5.73 Å². The molecular formula is C15H18N4O2. The molecule has 0 spiro atoms. The molecule has 2 N–H and O–H groups in total. The van der Waals surface area contributed by atoms with E-state index >= 15 is 0 Å². The van der Waals surface area contributed by atoms with Crippen molar-refractivity contribution in [3.63, 3.8) is 0 Å². The second-order valence-corrected chi connectivity index (χ2v) is 4.72. The summed E-state index contributed by atoms with van der Waals surface area (Å²) in [5.74, 6) is -0.510. The normalized spacial score (nSPS) is 10.3. The monoisotopic (exact) mass is 286 g/mol. The maximum absolute atomic E-state index is 12.3. The van der Waals surface area contributed by atoms with Crippen LogP contribution >= 0.6 is 0 Å². The fraction of sp³-hybridized carbons (Fsp3) is 0.267. The minimum Gasteiger partial charge on any atom is -0.370 e. The molecule has 0 radical (unpaired) electrons. The first-order chi connectivity index (χ1) is 10.1. The van der Waals surface area contributed by atoms with E-state index in [1.807, 2.05) is 30.3 Å². The van der Waals surface area contributed by atoms with Gasteiger partial charge in [-0.05, 0) is 11.6 Å². The van der Waals surface area contributed by atoms with Crippen molar-refractivity contribution in [1.29, 1.82) is 0 Å². The van der Waals surface area contributed by atoms with Gasteiger partial charge >= 0.3 is 0 Å². The molecule has 6 nitrogen and oxygen atoms in total. The lowest BCUT2D eigenvalue weighted by molar-refractivity contribution is -0.133. The van der Waals surface area contributed by atoms with Crippen molar-refractivity contribution in [1.82, 2.24) is 14.7 Å². The van der Waals surface area contributed by atoms with E-state index in [-0.39, 0.29) is 18.9 Å². The lowest BCUT2D eigenvalue weighted by Gasteiger charge is -2.22. The second-order valence-electron chi connectivity index (χ2n) is 4.72. The van der Waals surface area contributed by atoms with Gasteiger partial charge in [0.2, 0.25) is 11.8 Å². The van der Waals surface area contributed by atoms with Gasteiger partial charge in [0.25, 0.3) is 0 Å². The van der Waals surface area contributed by atoms with Crippen molar-refractivity contribution in [2.75, 3.05) is 6.54 Å². The van der Waals surface area contributed by atoms with E-state index in [0.717, 1.165) is 5.56 Å². The molecule has 2 aromatic rings. The fourth-order valence-corrected chi connectivity index (χ4v) is 1.97. The number of aromatic nitrogens is 2. The van der Waals surface area contributed by atoms with Gasteiger partial charge in [0.15, 0.2) is 0 Å². The number of hydrogen-bond donors (Lipinski definition) is 1. The molecule has 0 aliphatic heterocycles.